The molecule has 2 aromatic rings. The Hall–Kier alpha value is -3.28. The standard InChI is InChI=1S/C22H24N2O4/c1-5-27-19-14-15(11-12-18(19)28-22(2,3)4)13-17-20(25)23-24(21(17)26)16-9-7-6-8-10-16/h6-14H,5H2,1-4H3,(H,23,25)/b17-13-. The largest absolute Gasteiger partial charge is 0.490 e. The van der Waals surface area contributed by atoms with Gasteiger partial charge in [0.05, 0.1) is 12.3 Å². The lowest BCUT2D eigenvalue weighted by molar-refractivity contribution is -0.117. The van der Waals surface area contributed by atoms with Crippen LogP contribution in [0.5, 0.6) is 11.5 Å². The molecule has 0 spiro atoms. The van der Waals surface area contributed by atoms with Gasteiger partial charge in [0, 0.05) is 0 Å². The molecule has 3 rings (SSSR count). The summed E-state index contributed by atoms with van der Waals surface area (Å²) in [6, 6.07) is 14.3. The minimum atomic E-state index is -0.443. The topological polar surface area (TPSA) is 67.9 Å². The Morgan fingerprint density at radius 2 is 1.75 bits per heavy atom. The van der Waals surface area contributed by atoms with E-state index in [2.05, 4.69) is 5.43 Å². The van der Waals surface area contributed by atoms with E-state index in [4.69, 9.17) is 9.47 Å². The number of nitrogens with one attached hydrogen (secondary N) is 1. The average Bonchev–Trinajstić information content (AvgIpc) is 2.92. The zero-order valence-electron chi connectivity index (χ0n) is 16.5. The molecule has 6 nitrogen and oxygen atoms in total. The second kappa shape index (κ2) is 7.76. The second-order valence-corrected chi connectivity index (χ2v) is 7.33. The molecule has 0 aliphatic carbocycles. The first-order valence-corrected chi connectivity index (χ1v) is 9.16. The summed E-state index contributed by atoms with van der Waals surface area (Å²) in [4.78, 5) is 25.0. The monoisotopic (exact) mass is 380 g/mol. The first kappa shape index (κ1) is 19.5. The van der Waals surface area contributed by atoms with Gasteiger partial charge in [-0.2, -0.15) is 0 Å². The van der Waals surface area contributed by atoms with Gasteiger partial charge in [0.25, 0.3) is 11.8 Å². The van der Waals surface area contributed by atoms with Gasteiger partial charge in [0.1, 0.15) is 11.2 Å². The van der Waals surface area contributed by atoms with Crippen LogP contribution in [0.2, 0.25) is 0 Å². The molecule has 146 valence electrons. The van der Waals surface area contributed by atoms with Crippen molar-refractivity contribution in [2.75, 3.05) is 11.6 Å². The SMILES string of the molecule is CCOc1cc(/C=C2/C(=O)NN(c3ccccc3)C2=O)ccc1OC(C)(C)C. The second-order valence-electron chi connectivity index (χ2n) is 7.33. The number of rotatable bonds is 5. The summed E-state index contributed by atoms with van der Waals surface area (Å²) in [7, 11) is 0. The Kier molecular flexibility index (Phi) is 5.40. The van der Waals surface area contributed by atoms with Crippen molar-refractivity contribution in [1.82, 2.24) is 5.43 Å². The molecule has 6 heteroatoms. The first-order chi connectivity index (χ1) is 13.3. The van der Waals surface area contributed by atoms with Crippen LogP contribution in [0.1, 0.15) is 33.3 Å². The highest BCUT2D eigenvalue weighted by molar-refractivity contribution is 6.31. The lowest BCUT2D eigenvalue weighted by atomic mass is 10.1. The van der Waals surface area contributed by atoms with Crippen molar-refractivity contribution < 1.29 is 19.1 Å². The number of carbonyl (C=O) groups is 2. The number of hydrogen-bond acceptors (Lipinski definition) is 4. The van der Waals surface area contributed by atoms with Crippen molar-refractivity contribution >= 4 is 23.6 Å². The highest BCUT2D eigenvalue weighted by Crippen LogP contribution is 2.32. The highest BCUT2D eigenvalue weighted by Gasteiger charge is 2.34. The van der Waals surface area contributed by atoms with Crippen molar-refractivity contribution in [2.24, 2.45) is 0 Å². The van der Waals surface area contributed by atoms with E-state index in [1.807, 2.05) is 33.8 Å². The van der Waals surface area contributed by atoms with Gasteiger partial charge in [0.15, 0.2) is 11.5 Å². The van der Waals surface area contributed by atoms with Crippen LogP contribution in [0.25, 0.3) is 6.08 Å². The first-order valence-electron chi connectivity index (χ1n) is 9.16. The molecule has 0 unspecified atom stereocenters. The van der Waals surface area contributed by atoms with Crippen LogP contribution in [0.4, 0.5) is 5.69 Å². The van der Waals surface area contributed by atoms with Gasteiger partial charge >= 0.3 is 0 Å². The summed E-state index contributed by atoms with van der Waals surface area (Å²) in [6.07, 6.45) is 1.56. The summed E-state index contributed by atoms with van der Waals surface area (Å²) in [5.41, 5.74) is 3.57. The molecule has 2 aromatic carbocycles. The minimum Gasteiger partial charge on any atom is -0.490 e. The van der Waals surface area contributed by atoms with Crippen molar-refractivity contribution in [3.05, 3.63) is 59.7 Å². The number of nitrogens with zero attached hydrogens (tertiary/aromatic N) is 1. The fourth-order valence-corrected chi connectivity index (χ4v) is 2.78. The maximum atomic E-state index is 12.7. The van der Waals surface area contributed by atoms with Gasteiger partial charge < -0.3 is 9.47 Å². The van der Waals surface area contributed by atoms with Gasteiger partial charge in [-0.3, -0.25) is 15.0 Å². The molecule has 0 radical (unpaired) electrons. The lowest BCUT2D eigenvalue weighted by Gasteiger charge is -2.23. The zero-order valence-corrected chi connectivity index (χ0v) is 16.5. The molecule has 0 atom stereocenters. The van der Waals surface area contributed by atoms with Crippen LogP contribution in [-0.2, 0) is 9.59 Å². The van der Waals surface area contributed by atoms with Crippen LogP contribution in [0, 0.1) is 0 Å². The molecule has 2 amide bonds. The minimum absolute atomic E-state index is 0.0655. The fraction of sp³-hybridized carbons (Fsp3) is 0.273. The molecule has 28 heavy (non-hydrogen) atoms. The van der Waals surface area contributed by atoms with Gasteiger partial charge in [0.2, 0.25) is 0 Å². The zero-order chi connectivity index (χ0) is 20.3. The van der Waals surface area contributed by atoms with Crippen LogP contribution in [-0.4, -0.2) is 24.0 Å². The summed E-state index contributed by atoms with van der Waals surface area (Å²) >= 11 is 0. The molecule has 0 saturated carbocycles. The quantitative estimate of drug-likeness (QED) is 0.634. The maximum Gasteiger partial charge on any atom is 0.282 e. The van der Waals surface area contributed by atoms with E-state index in [9.17, 15) is 9.59 Å². The van der Waals surface area contributed by atoms with E-state index in [0.29, 0.717) is 29.4 Å². The number of hydrogen-bond donors (Lipinski definition) is 1. The number of ether oxygens (including phenoxy) is 2. The van der Waals surface area contributed by atoms with Crippen molar-refractivity contribution in [3.8, 4) is 11.5 Å². The van der Waals surface area contributed by atoms with Gasteiger partial charge in [-0.1, -0.05) is 24.3 Å². The Labute approximate surface area is 164 Å². The smallest absolute Gasteiger partial charge is 0.282 e. The van der Waals surface area contributed by atoms with Gasteiger partial charge in [-0.25, -0.2) is 5.01 Å². The number of carbonyl (C=O) groups excluding carboxylic acids is 2. The molecular weight excluding hydrogens is 356 g/mol. The molecule has 1 saturated heterocycles. The third-order valence-electron chi connectivity index (χ3n) is 3.90. The molecule has 1 fully saturated rings. The number of benzene rings is 2. The van der Waals surface area contributed by atoms with E-state index < -0.39 is 11.8 Å². The lowest BCUT2D eigenvalue weighted by Crippen LogP contribution is -2.35. The Bertz CT molecular complexity index is 914. The van der Waals surface area contributed by atoms with E-state index in [1.165, 1.54) is 5.01 Å². The molecule has 0 aromatic heterocycles. The highest BCUT2D eigenvalue weighted by atomic mass is 16.5. The molecule has 1 aliphatic heterocycles. The molecular formula is C22H24N2O4. The predicted molar refractivity (Wildman–Crippen MR) is 108 cm³/mol. The van der Waals surface area contributed by atoms with E-state index in [0.717, 1.165) is 0 Å². The van der Waals surface area contributed by atoms with E-state index in [1.54, 1.807) is 48.5 Å². The molecule has 0 bridgehead atoms. The third kappa shape index (κ3) is 4.34. The number of anilines is 1. The number of hydrazine groups is 1. The third-order valence-corrected chi connectivity index (χ3v) is 3.90. The molecule has 1 aliphatic rings. The Balaban J connectivity index is 1.91. The van der Waals surface area contributed by atoms with Crippen molar-refractivity contribution in [2.45, 2.75) is 33.3 Å². The normalized spacial score (nSPS) is 15.7. The van der Waals surface area contributed by atoms with Crippen molar-refractivity contribution in [3.63, 3.8) is 0 Å². The van der Waals surface area contributed by atoms with E-state index in [-0.39, 0.29) is 11.2 Å². The van der Waals surface area contributed by atoms with Crippen LogP contribution < -0.4 is 19.9 Å². The Morgan fingerprint density at radius 3 is 2.39 bits per heavy atom. The molecule has 1 N–H and O–H groups in total. The Morgan fingerprint density at radius 1 is 1.04 bits per heavy atom. The summed E-state index contributed by atoms with van der Waals surface area (Å²) in [5, 5.41) is 1.24. The van der Waals surface area contributed by atoms with Crippen LogP contribution in [0.15, 0.2) is 54.1 Å². The van der Waals surface area contributed by atoms with Crippen molar-refractivity contribution in [1.29, 1.82) is 0 Å². The van der Waals surface area contributed by atoms with Gasteiger partial charge in [-0.15, -0.1) is 0 Å². The summed E-state index contributed by atoms with van der Waals surface area (Å²) in [6.45, 7) is 8.23. The summed E-state index contributed by atoms with van der Waals surface area (Å²) < 4.78 is 11.6. The van der Waals surface area contributed by atoms with Crippen LogP contribution in [0.3, 0.4) is 0 Å². The maximum absolute atomic E-state index is 12.7. The van der Waals surface area contributed by atoms with Crippen LogP contribution >= 0.6 is 0 Å². The number of amides is 2. The fourth-order valence-electron chi connectivity index (χ4n) is 2.78. The average molecular weight is 380 g/mol. The predicted octanol–water partition coefficient (Wildman–Crippen LogP) is 3.72. The van der Waals surface area contributed by atoms with E-state index >= 15 is 0 Å². The number of para-hydroxylation sites is 1. The molecule has 1 heterocycles. The van der Waals surface area contributed by atoms with Gasteiger partial charge in [-0.05, 0) is 63.6 Å². The summed E-state index contributed by atoms with van der Waals surface area (Å²) in [5.74, 6) is 0.341.